The Morgan fingerprint density at radius 1 is 1.23 bits per heavy atom. The van der Waals surface area contributed by atoms with Gasteiger partial charge in [-0.2, -0.15) is 0 Å². The normalized spacial score (nSPS) is 17.7. The molecule has 26 heavy (non-hydrogen) atoms. The smallest absolute Gasteiger partial charge is 0.262 e. The number of amides is 1. The molecule has 4 rings (SSSR count). The van der Waals surface area contributed by atoms with E-state index in [1.54, 1.807) is 7.11 Å². The first-order valence-corrected chi connectivity index (χ1v) is 8.70. The van der Waals surface area contributed by atoms with E-state index in [0.717, 1.165) is 24.5 Å². The van der Waals surface area contributed by atoms with E-state index in [1.807, 2.05) is 18.2 Å². The Hall–Kier alpha value is -2.73. The van der Waals surface area contributed by atoms with E-state index in [2.05, 4.69) is 47.6 Å². The number of nitrogens with zero attached hydrogens (tertiary/aromatic N) is 1. The van der Waals surface area contributed by atoms with Crippen LogP contribution in [0.25, 0.3) is 0 Å². The summed E-state index contributed by atoms with van der Waals surface area (Å²) < 4.78 is 11.0. The van der Waals surface area contributed by atoms with Crippen LogP contribution in [0, 0.1) is 6.92 Å². The SMILES string of the molecule is COC1(C)CN(c2ccc(Nc3ccc4c(c3)OCC(=O)N4)c(C)c2)C1. The summed E-state index contributed by atoms with van der Waals surface area (Å²) in [5.41, 5.74) is 5.01. The Morgan fingerprint density at radius 2 is 2.04 bits per heavy atom. The van der Waals surface area contributed by atoms with Gasteiger partial charge in [-0.3, -0.25) is 4.79 Å². The summed E-state index contributed by atoms with van der Waals surface area (Å²) in [6.07, 6.45) is 0. The van der Waals surface area contributed by atoms with Gasteiger partial charge in [-0.05, 0) is 49.7 Å². The third kappa shape index (κ3) is 3.08. The molecular weight excluding hydrogens is 330 g/mol. The standard InChI is InChI=1S/C20H23N3O3/c1-13-8-15(23-11-20(2,12-23)25-3)5-7-16(13)21-14-4-6-17-18(9-14)26-10-19(24)22-17/h4-9,21H,10-12H2,1-3H3,(H,22,24). The summed E-state index contributed by atoms with van der Waals surface area (Å²) >= 11 is 0. The van der Waals surface area contributed by atoms with E-state index < -0.39 is 0 Å². The monoisotopic (exact) mass is 353 g/mol. The summed E-state index contributed by atoms with van der Waals surface area (Å²) in [6, 6.07) is 12.1. The van der Waals surface area contributed by atoms with Crippen LogP contribution in [-0.2, 0) is 9.53 Å². The molecule has 2 aliphatic rings. The van der Waals surface area contributed by atoms with E-state index in [1.165, 1.54) is 11.3 Å². The second-order valence-corrected chi connectivity index (χ2v) is 7.18. The third-order valence-electron chi connectivity index (χ3n) is 5.01. The van der Waals surface area contributed by atoms with E-state index in [9.17, 15) is 4.79 Å². The number of carbonyl (C=O) groups excluding carboxylic acids is 1. The average molecular weight is 353 g/mol. The van der Waals surface area contributed by atoms with Crippen molar-refractivity contribution in [3.63, 3.8) is 0 Å². The zero-order valence-corrected chi connectivity index (χ0v) is 15.3. The molecule has 2 aromatic carbocycles. The van der Waals surface area contributed by atoms with Gasteiger partial charge in [0.1, 0.15) is 5.75 Å². The Labute approximate surface area is 153 Å². The van der Waals surface area contributed by atoms with Gasteiger partial charge in [-0.15, -0.1) is 0 Å². The minimum Gasteiger partial charge on any atom is -0.482 e. The second-order valence-electron chi connectivity index (χ2n) is 7.18. The molecule has 0 bridgehead atoms. The fraction of sp³-hybridized carbons (Fsp3) is 0.350. The lowest BCUT2D eigenvalue weighted by Gasteiger charge is -2.48. The number of anilines is 4. The lowest BCUT2D eigenvalue weighted by molar-refractivity contribution is -0.118. The van der Waals surface area contributed by atoms with Gasteiger partial charge in [0.15, 0.2) is 6.61 Å². The van der Waals surface area contributed by atoms with E-state index >= 15 is 0 Å². The van der Waals surface area contributed by atoms with Crippen LogP contribution in [-0.4, -0.2) is 38.3 Å². The number of fused-ring (bicyclic) bond motifs is 1. The van der Waals surface area contributed by atoms with Crippen molar-refractivity contribution < 1.29 is 14.3 Å². The molecule has 2 aromatic rings. The molecule has 0 unspecified atom stereocenters. The van der Waals surface area contributed by atoms with E-state index in [-0.39, 0.29) is 18.1 Å². The maximum atomic E-state index is 11.4. The summed E-state index contributed by atoms with van der Waals surface area (Å²) in [6.45, 7) is 6.09. The minimum atomic E-state index is -0.125. The maximum Gasteiger partial charge on any atom is 0.262 e. The van der Waals surface area contributed by atoms with Crippen LogP contribution in [0.1, 0.15) is 12.5 Å². The average Bonchev–Trinajstić information content (AvgIpc) is 2.61. The molecule has 1 saturated heterocycles. The fourth-order valence-electron chi connectivity index (χ4n) is 3.37. The van der Waals surface area contributed by atoms with Gasteiger partial charge in [0.25, 0.3) is 5.91 Å². The fourth-order valence-corrected chi connectivity index (χ4v) is 3.37. The maximum absolute atomic E-state index is 11.4. The Morgan fingerprint density at radius 3 is 2.77 bits per heavy atom. The number of methoxy groups -OCH3 is 1. The molecule has 0 aromatic heterocycles. The van der Waals surface area contributed by atoms with Gasteiger partial charge in [0, 0.05) is 43.3 Å². The third-order valence-corrected chi connectivity index (χ3v) is 5.01. The van der Waals surface area contributed by atoms with Gasteiger partial charge < -0.3 is 25.0 Å². The molecular formula is C20H23N3O3. The number of aryl methyl sites for hydroxylation is 1. The molecule has 0 saturated carbocycles. The van der Waals surface area contributed by atoms with Gasteiger partial charge in [0.2, 0.25) is 0 Å². The highest BCUT2D eigenvalue weighted by molar-refractivity contribution is 5.95. The molecule has 0 spiro atoms. The van der Waals surface area contributed by atoms with Crippen molar-refractivity contribution in [2.45, 2.75) is 19.4 Å². The molecule has 6 heteroatoms. The van der Waals surface area contributed by atoms with Gasteiger partial charge in [0.05, 0.1) is 11.3 Å². The van der Waals surface area contributed by atoms with Crippen molar-refractivity contribution >= 4 is 28.7 Å². The molecule has 6 nitrogen and oxygen atoms in total. The molecule has 0 atom stereocenters. The van der Waals surface area contributed by atoms with Crippen molar-refractivity contribution in [3.8, 4) is 5.75 Å². The number of carbonyl (C=O) groups is 1. The van der Waals surface area contributed by atoms with Crippen LogP contribution >= 0.6 is 0 Å². The van der Waals surface area contributed by atoms with Crippen LogP contribution in [0.3, 0.4) is 0 Å². The molecule has 2 aliphatic heterocycles. The Bertz CT molecular complexity index is 859. The number of rotatable bonds is 4. The number of hydrogen-bond donors (Lipinski definition) is 2. The molecule has 1 amide bonds. The first-order chi connectivity index (χ1) is 12.5. The summed E-state index contributed by atoms with van der Waals surface area (Å²) in [5.74, 6) is 0.559. The van der Waals surface area contributed by atoms with Crippen molar-refractivity contribution in [1.29, 1.82) is 0 Å². The number of hydrogen-bond acceptors (Lipinski definition) is 5. The molecule has 136 valence electrons. The highest BCUT2D eigenvalue weighted by Crippen LogP contribution is 2.35. The highest BCUT2D eigenvalue weighted by atomic mass is 16.5. The lowest BCUT2D eigenvalue weighted by atomic mass is 9.95. The van der Waals surface area contributed by atoms with Crippen molar-refractivity contribution in [1.82, 2.24) is 0 Å². The van der Waals surface area contributed by atoms with E-state index in [0.29, 0.717) is 11.4 Å². The van der Waals surface area contributed by atoms with Gasteiger partial charge in [-0.25, -0.2) is 0 Å². The van der Waals surface area contributed by atoms with Crippen molar-refractivity contribution in [3.05, 3.63) is 42.0 Å². The number of nitrogens with one attached hydrogen (secondary N) is 2. The second kappa shape index (κ2) is 6.21. The topological polar surface area (TPSA) is 62.8 Å². The van der Waals surface area contributed by atoms with Crippen molar-refractivity contribution in [2.24, 2.45) is 0 Å². The summed E-state index contributed by atoms with van der Waals surface area (Å²) in [7, 11) is 1.77. The molecule has 0 radical (unpaired) electrons. The predicted octanol–water partition coefficient (Wildman–Crippen LogP) is 3.29. The summed E-state index contributed by atoms with van der Waals surface area (Å²) in [4.78, 5) is 13.7. The number of ether oxygens (including phenoxy) is 2. The molecule has 2 heterocycles. The van der Waals surface area contributed by atoms with Crippen LogP contribution in [0.2, 0.25) is 0 Å². The first kappa shape index (κ1) is 16.7. The first-order valence-electron chi connectivity index (χ1n) is 8.70. The molecule has 0 aliphatic carbocycles. The van der Waals surface area contributed by atoms with Gasteiger partial charge >= 0.3 is 0 Å². The zero-order chi connectivity index (χ0) is 18.3. The zero-order valence-electron chi connectivity index (χ0n) is 15.3. The van der Waals surface area contributed by atoms with Crippen LogP contribution < -0.4 is 20.3 Å². The predicted molar refractivity (Wildman–Crippen MR) is 103 cm³/mol. The quantitative estimate of drug-likeness (QED) is 0.883. The Balaban J connectivity index is 1.48. The number of benzene rings is 2. The largest absolute Gasteiger partial charge is 0.482 e. The molecule has 1 fully saturated rings. The lowest BCUT2D eigenvalue weighted by Crippen LogP contribution is -2.61. The molecule has 2 N–H and O–H groups in total. The Kier molecular flexibility index (Phi) is 4.00. The van der Waals surface area contributed by atoms with Crippen LogP contribution in [0.5, 0.6) is 5.75 Å². The van der Waals surface area contributed by atoms with Crippen LogP contribution in [0.15, 0.2) is 36.4 Å². The van der Waals surface area contributed by atoms with Crippen molar-refractivity contribution in [2.75, 3.05) is 42.3 Å². The van der Waals surface area contributed by atoms with Gasteiger partial charge in [-0.1, -0.05) is 0 Å². The van der Waals surface area contributed by atoms with E-state index in [4.69, 9.17) is 9.47 Å². The summed E-state index contributed by atoms with van der Waals surface area (Å²) in [5, 5.41) is 6.23. The minimum absolute atomic E-state index is 0.0383. The van der Waals surface area contributed by atoms with Crippen LogP contribution in [0.4, 0.5) is 22.7 Å². The highest BCUT2D eigenvalue weighted by Gasteiger charge is 2.38.